The third kappa shape index (κ3) is 4.73. The molecular formula is C42H58N2O8. The second-order valence-electron chi connectivity index (χ2n) is 15.0. The number of ether oxygens (including phenoxy) is 4. The zero-order valence-electron chi connectivity index (χ0n) is 28.0. The van der Waals surface area contributed by atoms with Crippen molar-refractivity contribution < 1.29 is 38.1 Å². The minimum Gasteiger partial charge on any atom is -0.493 e. The number of ketones is 2. The number of benzene rings is 2. The summed E-state index contributed by atoms with van der Waals surface area (Å²) in [6.45, 7) is 4.73. The molecule has 4 heterocycles. The highest BCUT2D eigenvalue weighted by Crippen LogP contribution is 2.64. The molecule has 4 aliphatic heterocycles. The number of carbonyl (C=O) groups excluding carboxylic acids is 4. The molecule has 0 N–H and O–H groups in total. The summed E-state index contributed by atoms with van der Waals surface area (Å²) in [5.74, 6) is 4.27. The number of hydrogen-bond donors (Lipinski definition) is 0. The van der Waals surface area contributed by atoms with Crippen molar-refractivity contribution in [2.45, 2.75) is 130 Å². The molecule has 10 rings (SSSR count). The highest BCUT2D eigenvalue weighted by molar-refractivity contribution is 5.90. The van der Waals surface area contributed by atoms with Crippen molar-refractivity contribution in [2.24, 2.45) is 11.8 Å². The highest BCUT2D eigenvalue weighted by atomic mass is 16.5. The molecule has 8 aliphatic rings. The maximum Gasteiger partial charge on any atom is 0.219 e. The van der Waals surface area contributed by atoms with Gasteiger partial charge in [-0.2, -0.15) is 0 Å². The summed E-state index contributed by atoms with van der Waals surface area (Å²) in [4.78, 5) is 53.7. The molecule has 8 atom stereocenters. The van der Waals surface area contributed by atoms with Crippen LogP contribution in [0.5, 0.6) is 23.0 Å². The normalized spacial score (nSPS) is 32.6. The zero-order chi connectivity index (χ0) is 33.3. The van der Waals surface area contributed by atoms with E-state index in [0.29, 0.717) is 37.8 Å². The van der Waals surface area contributed by atoms with Gasteiger partial charge in [0, 0.05) is 63.0 Å². The molecule has 2 saturated carbocycles. The summed E-state index contributed by atoms with van der Waals surface area (Å²) in [6.07, 6.45) is 5.29. The quantitative estimate of drug-likeness (QED) is 0.359. The Morgan fingerprint density at radius 1 is 0.673 bits per heavy atom. The van der Waals surface area contributed by atoms with Gasteiger partial charge in [0.2, 0.25) is 11.8 Å². The summed E-state index contributed by atoms with van der Waals surface area (Å²) in [6, 6.07) is 8.42. The van der Waals surface area contributed by atoms with Gasteiger partial charge in [-0.1, -0.05) is 41.8 Å². The van der Waals surface area contributed by atoms with Crippen LogP contribution in [0.25, 0.3) is 0 Å². The Labute approximate surface area is 309 Å². The molecule has 52 heavy (non-hydrogen) atoms. The number of nitrogens with zero attached hydrogens (tertiary/aromatic N) is 2. The van der Waals surface area contributed by atoms with Crippen LogP contribution in [0.15, 0.2) is 24.3 Å². The van der Waals surface area contributed by atoms with Crippen LogP contribution in [-0.4, -0.2) is 84.8 Å². The molecule has 2 aromatic carbocycles. The van der Waals surface area contributed by atoms with Gasteiger partial charge in [-0.15, -0.1) is 0 Å². The van der Waals surface area contributed by atoms with Gasteiger partial charge in [-0.05, 0) is 73.6 Å². The lowest BCUT2D eigenvalue weighted by atomic mass is 9.51. The second kappa shape index (κ2) is 13.4. The summed E-state index contributed by atoms with van der Waals surface area (Å²) in [5.41, 5.74) is 4.31. The average molecular weight is 719 g/mol. The van der Waals surface area contributed by atoms with E-state index in [0.717, 1.165) is 61.5 Å². The first-order chi connectivity index (χ1) is 23.1. The SMILES string of the molecule is C.C.C.C.COc1ccc2c3c1OC1C(=O)CC[C@H]4C(C2)N(C(C)=O)CC[C@]314.COc1ccc2c3c1OC1C(=O)CC[C@H]4C(C2)N(C(C)=O)CC[C@]314. The van der Waals surface area contributed by atoms with Crippen molar-refractivity contribution in [2.75, 3.05) is 27.3 Å². The van der Waals surface area contributed by atoms with Crippen LogP contribution in [0.2, 0.25) is 0 Å². The summed E-state index contributed by atoms with van der Waals surface area (Å²) < 4.78 is 23.5. The number of hydrogen-bond acceptors (Lipinski definition) is 8. The Morgan fingerprint density at radius 3 is 1.40 bits per heavy atom. The number of likely N-dealkylation sites (tertiary alicyclic amines) is 2. The van der Waals surface area contributed by atoms with Gasteiger partial charge in [0.1, 0.15) is 0 Å². The molecule has 0 aromatic heterocycles. The van der Waals surface area contributed by atoms with Crippen LogP contribution in [0.3, 0.4) is 0 Å². The van der Waals surface area contributed by atoms with Crippen LogP contribution in [-0.2, 0) is 42.8 Å². The topological polar surface area (TPSA) is 112 Å². The number of amides is 2. The highest BCUT2D eigenvalue weighted by Gasteiger charge is 2.67. The third-order valence-electron chi connectivity index (χ3n) is 13.4. The Hall–Kier alpha value is -4.08. The van der Waals surface area contributed by atoms with E-state index in [4.69, 9.17) is 18.9 Å². The molecule has 10 nitrogen and oxygen atoms in total. The van der Waals surface area contributed by atoms with Crippen LogP contribution in [0.1, 0.15) is 104 Å². The summed E-state index contributed by atoms with van der Waals surface area (Å²) >= 11 is 0. The third-order valence-corrected chi connectivity index (χ3v) is 13.4. The molecule has 4 unspecified atom stereocenters. The fraction of sp³-hybridized carbons (Fsp3) is 0.619. The molecule has 10 heteroatoms. The predicted octanol–water partition coefficient (Wildman–Crippen LogP) is 6.24. The van der Waals surface area contributed by atoms with E-state index in [1.54, 1.807) is 28.1 Å². The maximum absolute atomic E-state index is 12.7. The second-order valence-corrected chi connectivity index (χ2v) is 15.0. The van der Waals surface area contributed by atoms with E-state index in [1.807, 2.05) is 21.9 Å². The van der Waals surface area contributed by atoms with Gasteiger partial charge < -0.3 is 28.7 Å². The van der Waals surface area contributed by atoms with Crippen molar-refractivity contribution in [3.05, 3.63) is 46.5 Å². The summed E-state index contributed by atoms with van der Waals surface area (Å²) in [5, 5.41) is 0. The Kier molecular flexibility index (Phi) is 10.1. The van der Waals surface area contributed by atoms with Crippen molar-refractivity contribution in [3.8, 4) is 23.0 Å². The average Bonchev–Trinajstić information content (AvgIpc) is 3.60. The number of carbonyl (C=O) groups is 4. The van der Waals surface area contributed by atoms with E-state index in [2.05, 4.69) is 12.1 Å². The number of piperidine rings is 2. The largest absolute Gasteiger partial charge is 0.493 e. The van der Waals surface area contributed by atoms with Crippen LogP contribution in [0.4, 0.5) is 0 Å². The lowest BCUT2D eigenvalue weighted by Gasteiger charge is -2.57. The van der Waals surface area contributed by atoms with E-state index < -0.39 is 12.2 Å². The minimum atomic E-state index is -0.404. The predicted molar refractivity (Wildman–Crippen MR) is 200 cm³/mol. The van der Waals surface area contributed by atoms with Crippen LogP contribution in [0, 0.1) is 11.8 Å². The zero-order valence-corrected chi connectivity index (χ0v) is 28.0. The Balaban J connectivity index is 0.000000187. The molecule has 2 spiro atoms. The van der Waals surface area contributed by atoms with Gasteiger partial charge >= 0.3 is 0 Å². The monoisotopic (exact) mass is 718 g/mol. The van der Waals surface area contributed by atoms with Crippen molar-refractivity contribution in [1.29, 1.82) is 0 Å². The van der Waals surface area contributed by atoms with Crippen molar-refractivity contribution in [3.63, 3.8) is 0 Å². The first-order valence-corrected chi connectivity index (χ1v) is 17.5. The molecule has 2 amide bonds. The molecule has 4 fully saturated rings. The van der Waals surface area contributed by atoms with Gasteiger partial charge in [0.05, 0.1) is 25.0 Å². The number of rotatable bonds is 2. The molecule has 2 saturated heterocycles. The first kappa shape index (κ1) is 39.1. The van der Waals surface area contributed by atoms with E-state index in [-0.39, 0.29) is 76.0 Å². The first-order valence-electron chi connectivity index (χ1n) is 17.5. The van der Waals surface area contributed by atoms with Crippen LogP contribution < -0.4 is 18.9 Å². The van der Waals surface area contributed by atoms with E-state index in [1.165, 1.54) is 22.3 Å². The van der Waals surface area contributed by atoms with Gasteiger partial charge in [-0.25, -0.2) is 0 Å². The molecule has 284 valence electrons. The van der Waals surface area contributed by atoms with Gasteiger partial charge in [-0.3, -0.25) is 19.2 Å². The Bertz CT molecular complexity index is 1680. The fourth-order valence-corrected chi connectivity index (χ4v) is 11.7. The summed E-state index contributed by atoms with van der Waals surface area (Å²) in [7, 11) is 3.29. The van der Waals surface area contributed by atoms with Crippen molar-refractivity contribution in [1.82, 2.24) is 9.80 Å². The van der Waals surface area contributed by atoms with E-state index in [9.17, 15) is 19.2 Å². The van der Waals surface area contributed by atoms with Gasteiger partial charge in [0.25, 0.3) is 0 Å². The Morgan fingerprint density at radius 2 is 1.06 bits per heavy atom. The molecule has 4 aliphatic carbocycles. The lowest BCUT2D eigenvalue weighted by Crippen LogP contribution is -2.66. The minimum absolute atomic E-state index is 0. The number of Topliss-reactive ketones (excluding diaryl/α,β-unsaturated/α-hetero) is 2. The van der Waals surface area contributed by atoms with E-state index >= 15 is 0 Å². The van der Waals surface area contributed by atoms with Crippen LogP contribution >= 0.6 is 0 Å². The lowest BCUT2D eigenvalue weighted by molar-refractivity contribution is -0.148. The smallest absolute Gasteiger partial charge is 0.219 e. The fourth-order valence-electron chi connectivity index (χ4n) is 11.7. The molecular weight excluding hydrogens is 660 g/mol. The molecule has 4 bridgehead atoms. The number of methoxy groups -OCH3 is 2. The maximum atomic E-state index is 12.7. The standard InChI is InChI=1S/2C19H21NO4.4CH4/c2*1-10(21)20-8-7-19-12-4-5-14(22)18(19)24-17-15(23-2)6-3-11(16(17)19)9-13(12)20;;;;/h2*3,6,12-13,18H,4-5,7-9H2,1-2H3;4*1H4/t2*12-,13?,18?,19-;;;;/m00..../s1. The van der Waals surface area contributed by atoms with Gasteiger partial charge in [0.15, 0.2) is 46.8 Å². The van der Waals surface area contributed by atoms with Crippen molar-refractivity contribution >= 4 is 23.4 Å². The molecule has 2 aromatic rings. The molecule has 0 radical (unpaired) electrons.